The van der Waals surface area contributed by atoms with Crippen LogP contribution in [0.25, 0.3) is 0 Å². The average molecular weight is 535 g/mol. The van der Waals surface area contributed by atoms with Crippen LogP contribution in [-0.2, 0) is 9.94 Å². The van der Waals surface area contributed by atoms with E-state index >= 15 is 0 Å². The molecule has 190 valence electrons. The first-order valence-electron chi connectivity index (χ1n) is 12.9. The van der Waals surface area contributed by atoms with Gasteiger partial charge in [0.05, 0.1) is 5.41 Å². The van der Waals surface area contributed by atoms with E-state index in [0.29, 0.717) is 5.02 Å². The van der Waals surface area contributed by atoms with Crippen LogP contribution in [0.3, 0.4) is 0 Å². The standard InChI is InChI=1S/C35H32ClOP/c1-24-12-4-8-16-30(24)35(31-17-9-5-13-25(31)2,32-18-10-6-14-26(32)3)33-19-11-7-15-29(33)34(37-38)27-20-22-28(36)23-21-27/h4-23,34H,38H2,1-3H3/t34-/m0/s1. The first-order chi connectivity index (χ1) is 18.5. The first kappa shape index (κ1) is 26.4. The van der Waals surface area contributed by atoms with E-state index in [-0.39, 0.29) is 6.10 Å². The molecule has 1 nitrogen and oxygen atoms in total. The van der Waals surface area contributed by atoms with Crippen LogP contribution in [0.2, 0.25) is 5.02 Å². The predicted molar refractivity (Wildman–Crippen MR) is 163 cm³/mol. The fourth-order valence-electron chi connectivity index (χ4n) is 5.89. The molecule has 38 heavy (non-hydrogen) atoms. The van der Waals surface area contributed by atoms with Gasteiger partial charge in [-0.1, -0.05) is 121 Å². The molecule has 0 spiro atoms. The van der Waals surface area contributed by atoms with Gasteiger partial charge in [-0.2, -0.15) is 0 Å². The van der Waals surface area contributed by atoms with Crippen LogP contribution in [-0.4, -0.2) is 0 Å². The van der Waals surface area contributed by atoms with Crippen molar-refractivity contribution in [2.75, 3.05) is 0 Å². The van der Waals surface area contributed by atoms with E-state index in [1.165, 1.54) is 38.9 Å². The smallest absolute Gasteiger partial charge is 0.111 e. The van der Waals surface area contributed by atoms with Gasteiger partial charge < -0.3 is 4.52 Å². The summed E-state index contributed by atoms with van der Waals surface area (Å²) in [7, 11) is 2.50. The third kappa shape index (κ3) is 4.61. The van der Waals surface area contributed by atoms with Gasteiger partial charge >= 0.3 is 0 Å². The van der Waals surface area contributed by atoms with Gasteiger partial charge in [0.2, 0.25) is 0 Å². The zero-order valence-corrected chi connectivity index (χ0v) is 23.9. The molecule has 0 heterocycles. The molecule has 0 fully saturated rings. The first-order valence-corrected chi connectivity index (χ1v) is 13.7. The second-order valence-electron chi connectivity index (χ2n) is 9.85. The van der Waals surface area contributed by atoms with Gasteiger partial charge in [0.15, 0.2) is 0 Å². The molecule has 5 aromatic rings. The second kappa shape index (κ2) is 11.3. The number of hydrogen-bond donors (Lipinski definition) is 0. The highest BCUT2D eigenvalue weighted by Gasteiger charge is 2.43. The molecule has 0 radical (unpaired) electrons. The van der Waals surface area contributed by atoms with E-state index in [1.807, 2.05) is 24.3 Å². The molecule has 0 saturated heterocycles. The van der Waals surface area contributed by atoms with E-state index in [1.54, 1.807) is 0 Å². The summed E-state index contributed by atoms with van der Waals surface area (Å²) in [6.45, 7) is 6.64. The quantitative estimate of drug-likeness (QED) is 0.149. The van der Waals surface area contributed by atoms with Crippen molar-refractivity contribution in [3.63, 3.8) is 0 Å². The van der Waals surface area contributed by atoms with E-state index in [0.717, 1.165) is 11.1 Å². The highest BCUT2D eigenvalue weighted by atomic mass is 35.5. The molecular weight excluding hydrogens is 503 g/mol. The van der Waals surface area contributed by atoms with Crippen LogP contribution in [0, 0.1) is 20.8 Å². The Morgan fingerprint density at radius 3 is 1.37 bits per heavy atom. The molecule has 2 atom stereocenters. The summed E-state index contributed by atoms with van der Waals surface area (Å²) in [6.07, 6.45) is -0.301. The van der Waals surface area contributed by atoms with Crippen LogP contribution in [0.4, 0.5) is 0 Å². The van der Waals surface area contributed by atoms with Gasteiger partial charge in [-0.3, -0.25) is 0 Å². The molecule has 0 N–H and O–H groups in total. The molecule has 0 aliphatic carbocycles. The molecule has 0 aromatic heterocycles. The fraction of sp³-hybridized carbons (Fsp3) is 0.143. The third-order valence-corrected chi connectivity index (χ3v) is 8.13. The Bertz CT molecular complexity index is 1450. The Kier molecular flexibility index (Phi) is 7.82. The molecule has 0 aliphatic heterocycles. The Morgan fingerprint density at radius 1 is 0.553 bits per heavy atom. The fourth-order valence-corrected chi connectivity index (χ4v) is 6.32. The normalized spacial score (nSPS) is 12.3. The lowest BCUT2D eigenvalue weighted by molar-refractivity contribution is 0.291. The number of benzene rings is 5. The third-order valence-electron chi connectivity index (χ3n) is 7.60. The van der Waals surface area contributed by atoms with Crippen LogP contribution in [0.15, 0.2) is 121 Å². The average Bonchev–Trinajstić information content (AvgIpc) is 2.94. The minimum atomic E-state index is -0.577. The van der Waals surface area contributed by atoms with Crippen molar-refractivity contribution < 1.29 is 4.52 Å². The summed E-state index contributed by atoms with van der Waals surface area (Å²) in [5.74, 6) is 0. The van der Waals surface area contributed by atoms with Crippen molar-refractivity contribution in [3.05, 3.63) is 176 Å². The van der Waals surface area contributed by atoms with E-state index < -0.39 is 5.41 Å². The summed E-state index contributed by atoms with van der Waals surface area (Å²) in [4.78, 5) is 0. The lowest BCUT2D eigenvalue weighted by Crippen LogP contribution is -2.35. The lowest BCUT2D eigenvalue weighted by Gasteiger charge is -2.41. The molecule has 0 amide bonds. The largest absolute Gasteiger partial charge is 0.353 e. The van der Waals surface area contributed by atoms with E-state index in [9.17, 15) is 0 Å². The summed E-state index contributed by atoms with van der Waals surface area (Å²) < 4.78 is 6.17. The van der Waals surface area contributed by atoms with Crippen LogP contribution in [0.5, 0.6) is 0 Å². The van der Waals surface area contributed by atoms with E-state index in [2.05, 4.69) is 127 Å². The van der Waals surface area contributed by atoms with Crippen molar-refractivity contribution in [1.29, 1.82) is 0 Å². The molecular formula is C35H32ClOP. The summed E-state index contributed by atoms with van der Waals surface area (Å²) in [6, 6.07) is 43.0. The van der Waals surface area contributed by atoms with E-state index in [4.69, 9.17) is 16.1 Å². The van der Waals surface area contributed by atoms with Crippen molar-refractivity contribution >= 4 is 21.1 Å². The van der Waals surface area contributed by atoms with Crippen molar-refractivity contribution in [2.24, 2.45) is 0 Å². The topological polar surface area (TPSA) is 9.23 Å². The summed E-state index contributed by atoms with van der Waals surface area (Å²) in [5, 5.41) is 0.707. The predicted octanol–water partition coefficient (Wildman–Crippen LogP) is 9.54. The minimum Gasteiger partial charge on any atom is -0.353 e. The maximum atomic E-state index is 6.26. The molecule has 5 aromatic carbocycles. The molecule has 0 bridgehead atoms. The zero-order valence-electron chi connectivity index (χ0n) is 22.0. The molecule has 0 aliphatic rings. The minimum absolute atomic E-state index is 0.301. The second-order valence-corrected chi connectivity index (χ2v) is 10.6. The van der Waals surface area contributed by atoms with Crippen LogP contribution < -0.4 is 0 Å². The van der Waals surface area contributed by atoms with Gasteiger partial charge in [-0.25, -0.2) is 0 Å². The monoisotopic (exact) mass is 534 g/mol. The lowest BCUT2D eigenvalue weighted by atomic mass is 9.61. The van der Waals surface area contributed by atoms with Gasteiger partial charge in [-0.15, -0.1) is 0 Å². The highest BCUT2D eigenvalue weighted by Crippen LogP contribution is 2.51. The maximum Gasteiger partial charge on any atom is 0.111 e. The summed E-state index contributed by atoms with van der Waals surface area (Å²) in [5.41, 5.74) is 10.3. The number of halogens is 1. The van der Waals surface area contributed by atoms with Gasteiger partial charge in [0, 0.05) is 14.5 Å². The van der Waals surface area contributed by atoms with Gasteiger partial charge in [-0.05, 0) is 83.0 Å². The van der Waals surface area contributed by atoms with Crippen molar-refractivity contribution in [3.8, 4) is 0 Å². The van der Waals surface area contributed by atoms with Crippen LogP contribution >= 0.6 is 21.1 Å². The SMILES string of the molecule is Cc1ccccc1C(c1ccccc1C)(c1ccccc1C)c1ccccc1[C@@H](OP)c1ccc(Cl)cc1. The Morgan fingerprint density at radius 2 is 0.947 bits per heavy atom. The number of rotatable bonds is 7. The molecule has 0 saturated carbocycles. The van der Waals surface area contributed by atoms with Gasteiger partial charge in [0.25, 0.3) is 0 Å². The number of aryl methyl sites for hydroxylation is 3. The Hall–Kier alpha value is -3.22. The maximum absolute atomic E-state index is 6.26. The highest BCUT2D eigenvalue weighted by molar-refractivity contribution is 7.09. The Labute approximate surface area is 233 Å². The van der Waals surface area contributed by atoms with Crippen molar-refractivity contribution in [2.45, 2.75) is 32.3 Å². The molecule has 3 heteroatoms. The van der Waals surface area contributed by atoms with Gasteiger partial charge in [0.1, 0.15) is 6.10 Å². The number of hydrogen-bond acceptors (Lipinski definition) is 1. The molecule has 5 rings (SSSR count). The van der Waals surface area contributed by atoms with Crippen LogP contribution in [0.1, 0.15) is 56.2 Å². The molecule has 1 unspecified atom stereocenters. The van der Waals surface area contributed by atoms with Crippen molar-refractivity contribution in [1.82, 2.24) is 0 Å². The summed E-state index contributed by atoms with van der Waals surface area (Å²) >= 11 is 6.26. The zero-order chi connectivity index (χ0) is 26.7. The Balaban J connectivity index is 1.96.